The molecule has 1 rings (SSSR count). The van der Waals surface area contributed by atoms with E-state index in [1.807, 2.05) is 38.1 Å². The van der Waals surface area contributed by atoms with Crippen molar-refractivity contribution in [3.8, 4) is 5.75 Å². The number of nitrogens with zero attached hydrogens (tertiary/aromatic N) is 1. The minimum Gasteiger partial charge on any atom is -0.497 e. The van der Waals surface area contributed by atoms with E-state index in [2.05, 4.69) is 17.9 Å². The molecule has 0 saturated carbocycles. The Hall–Kier alpha value is -2.22. The topological polar surface area (TPSA) is 102 Å². The number of primary amides is 1. The summed E-state index contributed by atoms with van der Waals surface area (Å²) in [7, 11) is 4.71. The lowest BCUT2D eigenvalue weighted by molar-refractivity contribution is -0.139. The van der Waals surface area contributed by atoms with Gasteiger partial charge < -0.3 is 20.7 Å². The highest BCUT2D eigenvalue weighted by Gasteiger charge is 2.31. The number of benzene rings is 1. The molecule has 0 aromatic heterocycles. The number of hydrogen-bond donors (Lipinski definition) is 3. The Morgan fingerprint density at radius 1 is 1.21 bits per heavy atom. The summed E-state index contributed by atoms with van der Waals surface area (Å²) in [5.74, 6) is -0.520. The monoisotopic (exact) mass is 423 g/mol. The van der Waals surface area contributed by atoms with Crippen molar-refractivity contribution < 1.29 is 19.1 Å². The number of nitrogens with two attached hydrogens (primary N) is 1. The van der Waals surface area contributed by atoms with Crippen LogP contribution in [0.15, 0.2) is 24.3 Å². The van der Waals surface area contributed by atoms with Crippen molar-refractivity contribution in [1.29, 1.82) is 0 Å². The molecule has 0 aliphatic carbocycles. The van der Waals surface area contributed by atoms with Crippen LogP contribution in [0.1, 0.15) is 32.3 Å². The molecule has 0 fully saturated rings. The largest absolute Gasteiger partial charge is 0.497 e. The number of ether oxygens (including phenoxy) is 1. The van der Waals surface area contributed by atoms with E-state index in [4.69, 9.17) is 10.5 Å². The fourth-order valence-electron chi connectivity index (χ4n) is 3.17. The maximum absolute atomic E-state index is 12.8. The molecule has 2 unspecified atom stereocenters. The third kappa shape index (κ3) is 7.61. The molecule has 0 radical (unpaired) electrons. The Labute approximate surface area is 178 Å². The molecule has 29 heavy (non-hydrogen) atoms. The molecule has 8 heteroatoms. The van der Waals surface area contributed by atoms with Crippen molar-refractivity contribution in [3.63, 3.8) is 0 Å². The van der Waals surface area contributed by atoms with Crippen LogP contribution in [0, 0.1) is 11.8 Å². The number of hydrogen-bond acceptors (Lipinski definition) is 5. The van der Waals surface area contributed by atoms with E-state index in [0.717, 1.165) is 11.3 Å². The summed E-state index contributed by atoms with van der Waals surface area (Å²) in [4.78, 5) is 38.5. The van der Waals surface area contributed by atoms with Crippen molar-refractivity contribution in [1.82, 2.24) is 10.2 Å². The van der Waals surface area contributed by atoms with Gasteiger partial charge in [0.1, 0.15) is 11.8 Å². The van der Waals surface area contributed by atoms with Crippen molar-refractivity contribution >= 4 is 30.4 Å². The molecule has 1 aromatic rings. The first kappa shape index (κ1) is 24.8. The van der Waals surface area contributed by atoms with Crippen LogP contribution in [0.5, 0.6) is 5.75 Å². The molecule has 7 nitrogen and oxygen atoms in total. The molecule has 1 aromatic carbocycles. The van der Waals surface area contributed by atoms with E-state index in [9.17, 15) is 14.4 Å². The highest BCUT2D eigenvalue weighted by atomic mass is 32.1. The zero-order valence-corrected chi connectivity index (χ0v) is 18.7. The summed E-state index contributed by atoms with van der Waals surface area (Å²) in [6.07, 6.45) is 0.940. The molecule has 162 valence electrons. The van der Waals surface area contributed by atoms with E-state index >= 15 is 0 Å². The van der Waals surface area contributed by atoms with Gasteiger partial charge in [-0.25, -0.2) is 0 Å². The van der Waals surface area contributed by atoms with Gasteiger partial charge in [-0.15, -0.1) is 0 Å². The van der Waals surface area contributed by atoms with Crippen LogP contribution in [-0.2, 0) is 20.8 Å². The second-order valence-corrected chi connectivity index (χ2v) is 8.26. The molecule has 0 saturated heterocycles. The molecule has 0 heterocycles. The van der Waals surface area contributed by atoms with E-state index in [1.54, 1.807) is 14.2 Å². The Balaban J connectivity index is 2.91. The van der Waals surface area contributed by atoms with E-state index in [0.29, 0.717) is 12.8 Å². The summed E-state index contributed by atoms with van der Waals surface area (Å²) < 4.78 is 5.15. The summed E-state index contributed by atoms with van der Waals surface area (Å²) in [6, 6.07) is 6.66. The first-order valence-corrected chi connectivity index (χ1v) is 10.2. The van der Waals surface area contributed by atoms with Crippen LogP contribution in [-0.4, -0.2) is 55.1 Å². The van der Waals surface area contributed by atoms with Gasteiger partial charge in [0, 0.05) is 32.2 Å². The Morgan fingerprint density at radius 3 is 2.24 bits per heavy atom. The number of carbonyl (C=O) groups is 3. The van der Waals surface area contributed by atoms with E-state index in [1.165, 1.54) is 11.9 Å². The third-order valence-corrected chi connectivity index (χ3v) is 5.48. The number of methoxy groups -OCH3 is 1. The Morgan fingerprint density at radius 2 is 1.79 bits per heavy atom. The molecule has 3 amide bonds. The van der Waals surface area contributed by atoms with Gasteiger partial charge in [0.2, 0.25) is 17.7 Å². The summed E-state index contributed by atoms with van der Waals surface area (Å²) >= 11 is 4.47. The Bertz CT molecular complexity index is 694. The minimum atomic E-state index is -0.682. The molecule has 3 N–H and O–H groups in total. The van der Waals surface area contributed by atoms with Gasteiger partial charge >= 0.3 is 0 Å². The highest BCUT2D eigenvalue weighted by molar-refractivity contribution is 7.81. The van der Waals surface area contributed by atoms with Crippen molar-refractivity contribution in [2.45, 2.75) is 44.4 Å². The fraction of sp³-hybridized carbons (Fsp3) is 0.571. The predicted octanol–water partition coefficient (Wildman–Crippen LogP) is 1.65. The highest BCUT2D eigenvalue weighted by Crippen LogP contribution is 2.23. The van der Waals surface area contributed by atoms with Gasteiger partial charge in [-0.05, 0) is 30.0 Å². The number of thiol groups is 1. The van der Waals surface area contributed by atoms with Crippen LogP contribution < -0.4 is 15.8 Å². The predicted molar refractivity (Wildman–Crippen MR) is 117 cm³/mol. The van der Waals surface area contributed by atoms with Crippen molar-refractivity contribution in [3.05, 3.63) is 29.8 Å². The second-order valence-electron chi connectivity index (χ2n) is 7.60. The fourth-order valence-corrected chi connectivity index (χ4v) is 3.59. The number of carbonyl (C=O) groups excluding carboxylic acids is 3. The molecular formula is C21H33N3O4S. The number of nitrogens with one attached hydrogen (secondary N) is 1. The smallest absolute Gasteiger partial charge is 0.242 e. The lowest BCUT2D eigenvalue weighted by Crippen LogP contribution is -2.49. The van der Waals surface area contributed by atoms with Gasteiger partial charge in [0.25, 0.3) is 0 Å². The lowest BCUT2D eigenvalue weighted by Gasteiger charge is -2.29. The molecule has 0 aliphatic heterocycles. The van der Waals surface area contributed by atoms with Gasteiger partial charge in [-0.3, -0.25) is 14.4 Å². The van der Waals surface area contributed by atoms with Gasteiger partial charge in [-0.1, -0.05) is 26.0 Å². The van der Waals surface area contributed by atoms with E-state index in [-0.39, 0.29) is 24.2 Å². The SMILES string of the molecule is CNC(=O)[C@H](Cc1ccc(OC)cc1)N(C)C(=O)CC(S)C(CC(C)C)C(N)=O. The van der Waals surface area contributed by atoms with Gasteiger partial charge in [0.15, 0.2) is 0 Å². The first-order chi connectivity index (χ1) is 13.6. The normalized spacial score (nSPS) is 14.0. The minimum absolute atomic E-state index is 0.0239. The lowest BCUT2D eigenvalue weighted by atomic mass is 9.91. The number of amides is 3. The summed E-state index contributed by atoms with van der Waals surface area (Å²) in [5, 5.41) is 2.11. The average Bonchev–Trinajstić information content (AvgIpc) is 2.68. The number of likely N-dealkylation sites (N-methyl/N-ethyl adjacent to an activating group) is 2. The molecule has 0 spiro atoms. The van der Waals surface area contributed by atoms with Crippen LogP contribution in [0.2, 0.25) is 0 Å². The van der Waals surface area contributed by atoms with Crippen LogP contribution >= 0.6 is 12.6 Å². The molecule has 0 bridgehead atoms. The van der Waals surface area contributed by atoms with Crippen LogP contribution in [0.4, 0.5) is 0 Å². The summed E-state index contributed by atoms with van der Waals surface area (Å²) in [5.41, 5.74) is 6.41. The molecule has 3 atom stereocenters. The standard InChI is InChI=1S/C21H33N3O4S/c1-13(2)10-16(20(22)26)18(29)12-19(25)24(4)17(21(27)23-3)11-14-6-8-15(28-5)9-7-14/h6-9,13,16-18,29H,10-12H2,1-5H3,(H2,22,26)(H,23,27)/t16?,17-,18?/m0/s1. The van der Waals surface area contributed by atoms with E-state index < -0.39 is 23.1 Å². The summed E-state index contributed by atoms with van der Waals surface area (Å²) in [6.45, 7) is 3.97. The zero-order chi connectivity index (χ0) is 22.1. The van der Waals surface area contributed by atoms with Gasteiger partial charge in [0.05, 0.1) is 13.0 Å². The van der Waals surface area contributed by atoms with Crippen molar-refractivity contribution in [2.75, 3.05) is 21.2 Å². The average molecular weight is 424 g/mol. The second kappa shape index (κ2) is 11.7. The molecular weight excluding hydrogens is 390 g/mol. The van der Waals surface area contributed by atoms with Crippen LogP contribution in [0.25, 0.3) is 0 Å². The first-order valence-electron chi connectivity index (χ1n) is 9.68. The quantitative estimate of drug-likeness (QED) is 0.471. The maximum Gasteiger partial charge on any atom is 0.242 e. The number of rotatable bonds is 11. The molecule has 0 aliphatic rings. The maximum atomic E-state index is 12.8. The van der Waals surface area contributed by atoms with Crippen LogP contribution in [0.3, 0.4) is 0 Å². The zero-order valence-electron chi connectivity index (χ0n) is 17.8. The van der Waals surface area contributed by atoms with Crippen molar-refractivity contribution in [2.24, 2.45) is 17.6 Å². The Kier molecular flexibility index (Phi) is 10.0. The third-order valence-electron chi connectivity index (χ3n) is 4.94. The van der Waals surface area contributed by atoms with Gasteiger partial charge in [-0.2, -0.15) is 12.6 Å².